The molecular formula is C18H19NO2. The number of rotatable bonds is 3. The molecule has 1 aliphatic rings. The van der Waals surface area contributed by atoms with E-state index >= 15 is 0 Å². The van der Waals surface area contributed by atoms with Gasteiger partial charge in [0, 0.05) is 6.54 Å². The van der Waals surface area contributed by atoms with E-state index in [2.05, 4.69) is 18.2 Å². The summed E-state index contributed by atoms with van der Waals surface area (Å²) in [6.45, 7) is 0.636. The number of hydroxylamine groups is 2. The number of benzene rings is 2. The van der Waals surface area contributed by atoms with Crippen LogP contribution in [0.25, 0.3) is 5.57 Å². The van der Waals surface area contributed by atoms with Gasteiger partial charge < -0.3 is 9.94 Å². The van der Waals surface area contributed by atoms with Crippen LogP contribution in [0.2, 0.25) is 0 Å². The molecule has 2 aromatic carbocycles. The number of ether oxygens (including phenoxy) is 1. The average molecular weight is 281 g/mol. The molecule has 21 heavy (non-hydrogen) atoms. The number of methoxy groups -OCH3 is 1. The van der Waals surface area contributed by atoms with Gasteiger partial charge in [0.2, 0.25) is 0 Å². The zero-order chi connectivity index (χ0) is 14.7. The molecule has 0 aliphatic carbocycles. The van der Waals surface area contributed by atoms with Gasteiger partial charge in [-0.3, -0.25) is 0 Å². The molecule has 0 saturated heterocycles. The highest BCUT2D eigenvalue weighted by atomic mass is 16.5. The van der Waals surface area contributed by atoms with E-state index in [4.69, 9.17) is 4.74 Å². The van der Waals surface area contributed by atoms with E-state index in [1.807, 2.05) is 42.5 Å². The minimum atomic E-state index is -0.111. The van der Waals surface area contributed by atoms with Crippen molar-refractivity contribution in [2.45, 2.75) is 12.5 Å². The monoisotopic (exact) mass is 281 g/mol. The van der Waals surface area contributed by atoms with Gasteiger partial charge in [-0.2, -0.15) is 5.06 Å². The van der Waals surface area contributed by atoms with Gasteiger partial charge >= 0.3 is 0 Å². The highest BCUT2D eigenvalue weighted by Gasteiger charge is 2.22. The van der Waals surface area contributed by atoms with Crippen LogP contribution in [0.5, 0.6) is 5.75 Å². The molecule has 1 aliphatic heterocycles. The van der Waals surface area contributed by atoms with E-state index in [0.717, 1.165) is 17.7 Å². The van der Waals surface area contributed by atoms with E-state index in [1.54, 1.807) is 7.11 Å². The lowest BCUT2D eigenvalue weighted by atomic mass is 9.93. The SMILES string of the molecule is COc1ccc([C@H]2C=C(c3ccccc3)CCN2O)cc1. The van der Waals surface area contributed by atoms with Crippen molar-refractivity contribution in [1.82, 2.24) is 5.06 Å². The zero-order valence-electron chi connectivity index (χ0n) is 12.1. The second-order valence-electron chi connectivity index (χ2n) is 5.19. The fraction of sp³-hybridized carbons (Fsp3) is 0.222. The van der Waals surface area contributed by atoms with Crippen molar-refractivity contribution < 1.29 is 9.94 Å². The molecule has 0 unspecified atom stereocenters. The van der Waals surface area contributed by atoms with E-state index in [0.29, 0.717) is 6.54 Å². The normalized spacial score (nSPS) is 19.1. The first-order valence-electron chi connectivity index (χ1n) is 7.13. The molecule has 0 bridgehead atoms. The maximum Gasteiger partial charge on any atom is 0.118 e. The van der Waals surface area contributed by atoms with Gasteiger partial charge in [0.05, 0.1) is 13.2 Å². The van der Waals surface area contributed by atoms with Crippen molar-refractivity contribution in [1.29, 1.82) is 0 Å². The highest BCUT2D eigenvalue weighted by molar-refractivity contribution is 5.67. The van der Waals surface area contributed by atoms with E-state index in [9.17, 15) is 5.21 Å². The summed E-state index contributed by atoms with van der Waals surface area (Å²) in [5, 5.41) is 11.6. The van der Waals surface area contributed by atoms with Crippen molar-refractivity contribution in [3.05, 3.63) is 71.8 Å². The third-order valence-corrected chi connectivity index (χ3v) is 3.89. The van der Waals surface area contributed by atoms with Gasteiger partial charge in [-0.15, -0.1) is 0 Å². The summed E-state index contributed by atoms with van der Waals surface area (Å²) < 4.78 is 5.18. The molecule has 1 atom stereocenters. The molecule has 1 heterocycles. The minimum Gasteiger partial charge on any atom is -0.497 e. The first-order valence-corrected chi connectivity index (χ1v) is 7.13. The van der Waals surface area contributed by atoms with E-state index in [-0.39, 0.29) is 6.04 Å². The molecule has 3 heteroatoms. The maximum absolute atomic E-state index is 10.2. The van der Waals surface area contributed by atoms with Gasteiger partial charge in [0.25, 0.3) is 0 Å². The Morgan fingerprint density at radius 2 is 1.76 bits per heavy atom. The predicted molar refractivity (Wildman–Crippen MR) is 83.3 cm³/mol. The third kappa shape index (κ3) is 2.99. The lowest BCUT2D eigenvalue weighted by Gasteiger charge is -2.30. The quantitative estimate of drug-likeness (QED) is 0.925. The fourth-order valence-electron chi connectivity index (χ4n) is 2.70. The molecule has 0 amide bonds. The van der Waals surface area contributed by atoms with Gasteiger partial charge in [-0.05, 0) is 35.3 Å². The second-order valence-corrected chi connectivity index (χ2v) is 5.19. The van der Waals surface area contributed by atoms with Gasteiger partial charge in [0.15, 0.2) is 0 Å². The Labute approximate surface area is 125 Å². The maximum atomic E-state index is 10.2. The smallest absolute Gasteiger partial charge is 0.118 e. The largest absolute Gasteiger partial charge is 0.497 e. The van der Waals surface area contributed by atoms with Crippen LogP contribution < -0.4 is 4.74 Å². The van der Waals surface area contributed by atoms with E-state index in [1.165, 1.54) is 16.2 Å². The summed E-state index contributed by atoms with van der Waals surface area (Å²) in [5.74, 6) is 0.825. The summed E-state index contributed by atoms with van der Waals surface area (Å²) in [7, 11) is 1.65. The second kappa shape index (κ2) is 6.12. The Morgan fingerprint density at radius 3 is 2.43 bits per heavy atom. The lowest BCUT2D eigenvalue weighted by Crippen LogP contribution is -2.28. The van der Waals surface area contributed by atoms with Crippen LogP contribution >= 0.6 is 0 Å². The van der Waals surface area contributed by atoms with Gasteiger partial charge in [-0.1, -0.05) is 48.5 Å². The molecule has 108 valence electrons. The molecule has 1 N–H and O–H groups in total. The molecular weight excluding hydrogens is 262 g/mol. The van der Waals surface area contributed by atoms with Crippen LogP contribution in [-0.4, -0.2) is 23.9 Å². The standard InChI is InChI=1S/C18H19NO2/c1-21-17-9-7-15(8-10-17)18-13-16(11-12-19(18)20)14-5-3-2-4-6-14/h2-10,13,18,20H,11-12H2,1H3/t18-/m1/s1. The molecule has 0 aromatic heterocycles. The summed E-state index contributed by atoms with van der Waals surface area (Å²) in [5.41, 5.74) is 3.57. The number of hydrogen-bond acceptors (Lipinski definition) is 3. The molecule has 0 saturated carbocycles. The molecule has 3 rings (SSSR count). The van der Waals surface area contributed by atoms with Crippen molar-refractivity contribution in [3.8, 4) is 5.75 Å². The van der Waals surface area contributed by atoms with Gasteiger partial charge in [-0.25, -0.2) is 0 Å². The first-order chi connectivity index (χ1) is 10.3. The van der Waals surface area contributed by atoms with Crippen LogP contribution in [-0.2, 0) is 0 Å². The summed E-state index contributed by atoms with van der Waals surface area (Å²) in [6.07, 6.45) is 2.99. The van der Waals surface area contributed by atoms with Crippen LogP contribution in [0.1, 0.15) is 23.6 Å². The van der Waals surface area contributed by atoms with Crippen molar-refractivity contribution >= 4 is 5.57 Å². The minimum absolute atomic E-state index is 0.111. The van der Waals surface area contributed by atoms with Crippen LogP contribution in [0.4, 0.5) is 0 Å². The predicted octanol–water partition coefficient (Wildman–Crippen LogP) is 3.91. The van der Waals surface area contributed by atoms with Crippen LogP contribution in [0, 0.1) is 0 Å². The Hall–Kier alpha value is -2.10. The van der Waals surface area contributed by atoms with Crippen LogP contribution in [0.3, 0.4) is 0 Å². The Balaban J connectivity index is 1.92. The Bertz CT molecular complexity index is 619. The molecule has 3 nitrogen and oxygen atoms in total. The Kier molecular flexibility index (Phi) is 4.04. The van der Waals surface area contributed by atoms with Crippen molar-refractivity contribution in [3.63, 3.8) is 0 Å². The van der Waals surface area contributed by atoms with Crippen molar-refractivity contribution in [2.75, 3.05) is 13.7 Å². The summed E-state index contributed by atoms with van der Waals surface area (Å²) in [4.78, 5) is 0. The van der Waals surface area contributed by atoms with E-state index < -0.39 is 0 Å². The fourth-order valence-corrected chi connectivity index (χ4v) is 2.70. The summed E-state index contributed by atoms with van der Waals surface area (Å²) >= 11 is 0. The molecule has 2 aromatic rings. The lowest BCUT2D eigenvalue weighted by molar-refractivity contribution is -0.116. The van der Waals surface area contributed by atoms with Crippen LogP contribution in [0.15, 0.2) is 60.7 Å². The molecule has 0 fully saturated rings. The third-order valence-electron chi connectivity index (χ3n) is 3.89. The van der Waals surface area contributed by atoms with Crippen molar-refractivity contribution in [2.24, 2.45) is 0 Å². The zero-order valence-corrected chi connectivity index (χ0v) is 12.1. The highest BCUT2D eigenvalue weighted by Crippen LogP contribution is 2.32. The molecule has 0 radical (unpaired) electrons. The first kappa shape index (κ1) is 13.9. The number of hydrogen-bond donors (Lipinski definition) is 1. The van der Waals surface area contributed by atoms with Gasteiger partial charge in [0.1, 0.15) is 5.75 Å². The average Bonchev–Trinajstić information content (AvgIpc) is 2.56. The molecule has 0 spiro atoms. The number of nitrogens with zero attached hydrogens (tertiary/aromatic N) is 1. The topological polar surface area (TPSA) is 32.7 Å². The Morgan fingerprint density at radius 1 is 1.05 bits per heavy atom. The summed E-state index contributed by atoms with van der Waals surface area (Å²) in [6, 6.07) is 18.1.